The van der Waals surface area contributed by atoms with Crippen LogP contribution in [0.15, 0.2) is 0 Å². The molecular formula is C8H13FN2O. The minimum absolute atomic E-state index is 0.0846. The number of carbonyl (C=O) groups excluding carboxylic acids is 1. The maximum absolute atomic E-state index is 12.7. The Balaban J connectivity index is 1.87. The first-order valence-corrected chi connectivity index (χ1v) is 4.43. The summed E-state index contributed by atoms with van der Waals surface area (Å²) in [4.78, 5) is 13.3. The van der Waals surface area contributed by atoms with Gasteiger partial charge in [0.05, 0.1) is 6.04 Å². The van der Waals surface area contributed by atoms with Gasteiger partial charge in [-0.05, 0) is 6.42 Å². The average molecular weight is 172 g/mol. The van der Waals surface area contributed by atoms with Crippen LogP contribution < -0.4 is 5.32 Å². The number of halogens is 1. The van der Waals surface area contributed by atoms with E-state index in [9.17, 15) is 9.18 Å². The van der Waals surface area contributed by atoms with Crippen LogP contribution in [0.1, 0.15) is 12.8 Å². The molecular weight excluding hydrogens is 159 g/mol. The molecule has 2 heterocycles. The Hall–Kier alpha value is -0.640. The molecule has 2 aliphatic rings. The first kappa shape index (κ1) is 7.98. The summed E-state index contributed by atoms with van der Waals surface area (Å²) in [6.07, 6.45) is 0.618. The van der Waals surface area contributed by atoms with Crippen molar-refractivity contribution >= 4 is 5.91 Å². The second-order valence-corrected chi connectivity index (χ2v) is 3.47. The highest BCUT2D eigenvalue weighted by Gasteiger charge is 2.33. The molecule has 2 atom stereocenters. The zero-order valence-corrected chi connectivity index (χ0v) is 6.92. The molecule has 0 aliphatic carbocycles. The molecule has 1 N–H and O–H groups in total. The predicted molar refractivity (Wildman–Crippen MR) is 42.5 cm³/mol. The van der Waals surface area contributed by atoms with Crippen molar-refractivity contribution in [1.82, 2.24) is 10.2 Å². The van der Waals surface area contributed by atoms with Gasteiger partial charge in [-0.3, -0.25) is 4.79 Å². The van der Waals surface area contributed by atoms with Gasteiger partial charge in [0.1, 0.15) is 6.17 Å². The first-order valence-electron chi connectivity index (χ1n) is 4.43. The fourth-order valence-electron chi connectivity index (χ4n) is 1.64. The number of likely N-dealkylation sites (tertiary alicyclic amines) is 1. The van der Waals surface area contributed by atoms with Crippen molar-refractivity contribution in [3.63, 3.8) is 0 Å². The van der Waals surface area contributed by atoms with Gasteiger partial charge in [0.25, 0.3) is 0 Å². The molecule has 0 aromatic heterocycles. The fraction of sp³-hybridized carbons (Fsp3) is 0.875. The molecule has 0 aromatic rings. The fourth-order valence-corrected chi connectivity index (χ4v) is 1.64. The Morgan fingerprint density at radius 1 is 1.50 bits per heavy atom. The number of amides is 1. The summed E-state index contributed by atoms with van der Waals surface area (Å²) >= 11 is 0. The number of hydrogen-bond acceptors (Lipinski definition) is 2. The van der Waals surface area contributed by atoms with E-state index in [0.717, 1.165) is 19.5 Å². The minimum Gasteiger partial charge on any atom is -0.341 e. The smallest absolute Gasteiger partial charge is 0.239 e. The van der Waals surface area contributed by atoms with E-state index in [4.69, 9.17) is 0 Å². The van der Waals surface area contributed by atoms with Crippen LogP contribution in [-0.2, 0) is 4.79 Å². The summed E-state index contributed by atoms with van der Waals surface area (Å²) in [5.41, 5.74) is 0. The first-order chi connectivity index (χ1) is 5.77. The maximum atomic E-state index is 12.7. The number of hydrogen-bond donors (Lipinski definition) is 1. The van der Waals surface area contributed by atoms with Crippen LogP contribution in [-0.4, -0.2) is 42.7 Å². The van der Waals surface area contributed by atoms with Crippen molar-refractivity contribution in [1.29, 1.82) is 0 Å². The number of rotatable bonds is 1. The van der Waals surface area contributed by atoms with Gasteiger partial charge in [-0.15, -0.1) is 0 Å². The monoisotopic (exact) mass is 172 g/mol. The zero-order valence-electron chi connectivity index (χ0n) is 6.92. The maximum Gasteiger partial charge on any atom is 0.239 e. The van der Waals surface area contributed by atoms with E-state index in [-0.39, 0.29) is 11.9 Å². The summed E-state index contributed by atoms with van der Waals surface area (Å²) in [6.45, 7) is 2.05. The second kappa shape index (κ2) is 3.01. The normalized spacial score (nSPS) is 34.9. The molecule has 0 unspecified atom stereocenters. The molecule has 2 saturated heterocycles. The topological polar surface area (TPSA) is 32.3 Å². The summed E-state index contributed by atoms with van der Waals surface area (Å²) in [5.74, 6) is 0.0846. The van der Waals surface area contributed by atoms with E-state index >= 15 is 0 Å². The third-order valence-corrected chi connectivity index (χ3v) is 2.54. The molecule has 0 spiro atoms. The summed E-state index contributed by atoms with van der Waals surface area (Å²) < 4.78 is 12.7. The van der Waals surface area contributed by atoms with Crippen LogP contribution in [0.4, 0.5) is 4.39 Å². The Morgan fingerprint density at radius 3 is 2.67 bits per heavy atom. The average Bonchev–Trinajstić information content (AvgIpc) is 2.31. The summed E-state index contributed by atoms with van der Waals surface area (Å²) in [6, 6.07) is -0.250. The van der Waals surface area contributed by atoms with Gasteiger partial charge in [-0.25, -0.2) is 4.39 Å². The van der Waals surface area contributed by atoms with E-state index in [0.29, 0.717) is 13.0 Å². The molecule has 0 saturated carbocycles. The predicted octanol–water partition coefficient (Wildman–Crippen LogP) is -0.0813. The lowest BCUT2D eigenvalue weighted by atomic mass is 10.1. The highest BCUT2D eigenvalue weighted by atomic mass is 19.1. The van der Waals surface area contributed by atoms with E-state index < -0.39 is 6.17 Å². The highest BCUT2D eigenvalue weighted by molar-refractivity contribution is 5.82. The van der Waals surface area contributed by atoms with Crippen molar-refractivity contribution in [3.8, 4) is 0 Å². The summed E-state index contributed by atoms with van der Waals surface area (Å²) in [5, 5.41) is 2.89. The lowest BCUT2D eigenvalue weighted by Gasteiger charge is -2.33. The van der Waals surface area contributed by atoms with Gasteiger partial charge in [-0.2, -0.15) is 0 Å². The molecule has 1 amide bonds. The van der Waals surface area contributed by atoms with E-state index in [1.54, 1.807) is 4.90 Å². The quantitative estimate of drug-likeness (QED) is 0.600. The molecule has 4 heteroatoms. The Labute approximate surface area is 70.9 Å². The molecule has 2 aliphatic heterocycles. The molecule has 2 fully saturated rings. The lowest BCUT2D eigenvalue weighted by molar-refractivity contribution is -0.136. The van der Waals surface area contributed by atoms with Gasteiger partial charge in [0, 0.05) is 26.1 Å². The Kier molecular flexibility index (Phi) is 2.00. The van der Waals surface area contributed by atoms with Crippen molar-refractivity contribution < 1.29 is 9.18 Å². The Bertz CT molecular complexity index is 193. The van der Waals surface area contributed by atoms with Crippen molar-refractivity contribution in [2.24, 2.45) is 0 Å². The largest absolute Gasteiger partial charge is 0.341 e. The SMILES string of the molecule is O=C([C@H]1C[C@H](F)CN1)N1CCC1. The molecule has 2 rings (SSSR count). The van der Waals surface area contributed by atoms with Gasteiger partial charge in [-0.1, -0.05) is 0 Å². The van der Waals surface area contributed by atoms with Crippen molar-refractivity contribution in [2.45, 2.75) is 25.1 Å². The van der Waals surface area contributed by atoms with Crippen LogP contribution in [0, 0.1) is 0 Å². The second-order valence-electron chi connectivity index (χ2n) is 3.47. The van der Waals surface area contributed by atoms with Crippen LogP contribution in [0.5, 0.6) is 0 Å². The van der Waals surface area contributed by atoms with Crippen LogP contribution >= 0.6 is 0 Å². The van der Waals surface area contributed by atoms with Crippen LogP contribution in [0.2, 0.25) is 0 Å². The summed E-state index contributed by atoms with van der Waals surface area (Å²) in [7, 11) is 0. The molecule has 0 aromatic carbocycles. The minimum atomic E-state index is -0.833. The third kappa shape index (κ3) is 1.31. The number of carbonyl (C=O) groups is 1. The molecule has 0 bridgehead atoms. The zero-order chi connectivity index (χ0) is 8.55. The standard InChI is InChI=1S/C8H13FN2O/c9-6-4-7(10-5-6)8(12)11-2-1-3-11/h6-7,10H,1-5H2/t6-,7+/m0/s1. The van der Waals surface area contributed by atoms with Crippen LogP contribution in [0.3, 0.4) is 0 Å². The van der Waals surface area contributed by atoms with E-state index in [2.05, 4.69) is 5.32 Å². The highest BCUT2D eigenvalue weighted by Crippen LogP contribution is 2.15. The lowest BCUT2D eigenvalue weighted by Crippen LogP contribution is -2.49. The van der Waals surface area contributed by atoms with E-state index in [1.807, 2.05) is 0 Å². The van der Waals surface area contributed by atoms with E-state index in [1.165, 1.54) is 0 Å². The molecule has 12 heavy (non-hydrogen) atoms. The van der Waals surface area contributed by atoms with Gasteiger partial charge >= 0.3 is 0 Å². The van der Waals surface area contributed by atoms with Gasteiger partial charge in [0.2, 0.25) is 5.91 Å². The molecule has 68 valence electrons. The number of nitrogens with zero attached hydrogens (tertiary/aromatic N) is 1. The van der Waals surface area contributed by atoms with Crippen molar-refractivity contribution in [3.05, 3.63) is 0 Å². The van der Waals surface area contributed by atoms with Gasteiger partial charge in [0.15, 0.2) is 0 Å². The van der Waals surface area contributed by atoms with Crippen LogP contribution in [0.25, 0.3) is 0 Å². The van der Waals surface area contributed by atoms with Gasteiger partial charge < -0.3 is 10.2 Å². The number of alkyl halides is 1. The van der Waals surface area contributed by atoms with Crippen molar-refractivity contribution in [2.75, 3.05) is 19.6 Å². The third-order valence-electron chi connectivity index (χ3n) is 2.54. The molecule has 3 nitrogen and oxygen atoms in total. The number of nitrogens with one attached hydrogen (secondary N) is 1. The molecule has 0 radical (unpaired) electrons. The Morgan fingerprint density at radius 2 is 2.25 bits per heavy atom.